The smallest absolute Gasteiger partial charge is 0.239 e. The molecule has 1 amide bonds. The van der Waals surface area contributed by atoms with Crippen molar-refractivity contribution in [3.63, 3.8) is 0 Å². The second kappa shape index (κ2) is 3.87. The fraction of sp³-hybridized carbons (Fsp3) is 0.900. The van der Waals surface area contributed by atoms with E-state index in [4.69, 9.17) is 0 Å². The van der Waals surface area contributed by atoms with E-state index in [0.717, 1.165) is 32.4 Å². The molecule has 4 nitrogen and oxygen atoms in total. The average molecular weight is 198 g/mol. The van der Waals surface area contributed by atoms with Crippen molar-refractivity contribution in [2.75, 3.05) is 26.7 Å². The van der Waals surface area contributed by atoms with Crippen LogP contribution < -0.4 is 0 Å². The van der Waals surface area contributed by atoms with Gasteiger partial charge in [-0.1, -0.05) is 0 Å². The van der Waals surface area contributed by atoms with Crippen LogP contribution in [0.15, 0.2) is 0 Å². The molecule has 0 radical (unpaired) electrons. The van der Waals surface area contributed by atoms with Gasteiger partial charge in [0, 0.05) is 19.6 Å². The van der Waals surface area contributed by atoms with Gasteiger partial charge in [0.15, 0.2) is 0 Å². The van der Waals surface area contributed by atoms with E-state index in [1.165, 1.54) is 0 Å². The maximum atomic E-state index is 11.8. The first-order valence-electron chi connectivity index (χ1n) is 5.35. The fourth-order valence-corrected chi connectivity index (χ4v) is 2.58. The molecule has 2 unspecified atom stereocenters. The highest BCUT2D eigenvalue weighted by Gasteiger charge is 2.38. The Morgan fingerprint density at radius 2 is 2.21 bits per heavy atom. The maximum Gasteiger partial charge on any atom is 0.239 e. The van der Waals surface area contributed by atoms with Crippen LogP contribution in [0.25, 0.3) is 0 Å². The zero-order valence-electron chi connectivity index (χ0n) is 8.65. The lowest BCUT2D eigenvalue weighted by molar-refractivity contribution is -0.131. The molecule has 2 heterocycles. The molecule has 2 atom stereocenters. The molecule has 0 aromatic heterocycles. The normalized spacial score (nSPS) is 34.4. The number of aliphatic hydroxyl groups excluding tert-OH is 1. The molecule has 0 bridgehead atoms. The lowest BCUT2D eigenvalue weighted by Gasteiger charge is -2.27. The van der Waals surface area contributed by atoms with Gasteiger partial charge in [-0.15, -0.1) is 0 Å². The third kappa shape index (κ3) is 1.53. The molecule has 2 saturated heterocycles. The number of amides is 1. The predicted molar refractivity (Wildman–Crippen MR) is 52.9 cm³/mol. The second-order valence-electron chi connectivity index (χ2n) is 4.28. The Labute approximate surface area is 84.5 Å². The van der Waals surface area contributed by atoms with Gasteiger partial charge >= 0.3 is 0 Å². The number of hydrogen-bond donors (Lipinski definition) is 1. The van der Waals surface area contributed by atoms with Crippen molar-refractivity contribution < 1.29 is 9.90 Å². The molecule has 80 valence electrons. The van der Waals surface area contributed by atoms with Crippen LogP contribution in [0.3, 0.4) is 0 Å². The number of nitrogens with zero attached hydrogens (tertiary/aromatic N) is 2. The Bertz CT molecular complexity index is 232. The van der Waals surface area contributed by atoms with Gasteiger partial charge in [-0.25, -0.2) is 0 Å². The number of rotatable bonds is 2. The summed E-state index contributed by atoms with van der Waals surface area (Å²) in [6.45, 7) is 2.01. The molecule has 4 heteroatoms. The van der Waals surface area contributed by atoms with E-state index in [0.29, 0.717) is 0 Å². The predicted octanol–water partition coefficient (Wildman–Crippen LogP) is -0.326. The van der Waals surface area contributed by atoms with Gasteiger partial charge in [0.05, 0.1) is 12.6 Å². The van der Waals surface area contributed by atoms with E-state index in [2.05, 4.69) is 4.90 Å². The summed E-state index contributed by atoms with van der Waals surface area (Å²) in [5.74, 6) is 0.227. The van der Waals surface area contributed by atoms with Gasteiger partial charge in [-0.2, -0.15) is 0 Å². The van der Waals surface area contributed by atoms with Gasteiger partial charge in [0.1, 0.15) is 0 Å². The van der Waals surface area contributed by atoms with Crippen molar-refractivity contribution in [2.24, 2.45) is 0 Å². The highest BCUT2D eigenvalue weighted by Crippen LogP contribution is 2.25. The molecule has 0 saturated carbocycles. The molecule has 14 heavy (non-hydrogen) atoms. The van der Waals surface area contributed by atoms with Crippen LogP contribution >= 0.6 is 0 Å². The van der Waals surface area contributed by atoms with Crippen LogP contribution in [0.1, 0.15) is 19.3 Å². The largest absolute Gasteiger partial charge is 0.395 e. The highest BCUT2D eigenvalue weighted by molar-refractivity contribution is 5.83. The first-order valence-corrected chi connectivity index (χ1v) is 5.35. The van der Waals surface area contributed by atoms with Crippen molar-refractivity contribution in [3.05, 3.63) is 0 Å². The summed E-state index contributed by atoms with van der Waals surface area (Å²) in [4.78, 5) is 15.7. The highest BCUT2D eigenvalue weighted by atomic mass is 16.3. The van der Waals surface area contributed by atoms with Gasteiger partial charge in [0.25, 0.3) is 0 Å². The third-order valence-corrected chi connectivity index (χ3v) is 3.43. The number of carbonyl (C=O) groups is 1. The molecule has 0 aromatic carbocycles. The Kier molecular flexibility index (Phi) is 2.74. The van der Waals surface area contributed by atoms with E-state index < -0.39 is 0 Å². The number of hydrogen-bond acceptors (Lipinski definition) is 3. The van der Waals surface area contributed by atoms with E-state index >= 15 is 0 Å². The standard InChI is InChI=1S/C10H18N2O2/c1-11-6-4-9(10(11)14)12-5-2-3-8(12)7-13/h8-9,13H,2-7H2,1H3. The summed E-state index contributed by atoms with van der Waals surface area (Å²) in [6.07, 6.45) is 3.06. The second-order valence-corrected chi connectivity index (χ2v) is 4.28. The van der Waals surface area contributed by atoms with Gasteiger partial charge in [-0.3, -0.25) is 9.69 Å². The average Bonchev–Trinajstić information content (AvgIpc) is 2.75. The summed E-state index contributed by atoms with van der Waals surface area (Å²) >= 11 is 0. The zero-order valence-corrected chi connectivity index (χ0v) is 8.65. The third-order valence-electron chi connectivity index (χ3n) is 3.43. The summed E-state index contributed by atoms with van der Waals surface area (Å²) < 4.78 is 0. The first kappa shape index (κ1) is 9.93. The number of aliphatic hydroxyl groups is 1. The quantitative estimate of drug-likeness (QED) is 0.661. The van der Waals surface area contributed by atoms with E-state index in [1.54, 1.807) is 4.90 Å². The Morgan fingerprint density at radius 3 is 2.79 bits per heavy atom. The molecule has 2 rings (SSSR count). The minimum absolute atomic E-state index is 0.0413. The molecule has 1 N–H and O–H groups in total. The molecule has 2 aliphatic heterocycles. The maximum absolute atomic E-state index is 11.8. The molecule has 0 aliphatic carbocycles. The van der Waals surface area contributed by atoms with Gasteiger partial charge in [-0.05, 0) is 25.8 Å². The number of likely N-dealkylation sites (tertiary alicyclic amines) is 2. The minimum atomic E-state index is 0.0413. The zero-order chi connectivity index (χ0) is 10.1. The van der Waals surface area contributed by atoms with E-state index in [-0.39, 0.29) is 24.6 Å². The molecule has 2 aliphatic rings. The molecule has 0 spiro atoms. The van der Waals surface area contributed by atoms with Crippen LogP contribution in [-0.4, -0.2) is 59.6 Å². The topological polar surface area (TPSA) is 43.8 Å². The number of carbonyl (C=O) groups excluding carboxylic acids is 1. The fourth-order valence-electron chi connectivity index (χ4n) is 2.58. The summed E-state index contributed by atoms with van der Waals surface area (Å²) in [5.41, 5.74) is 0. The Morgan fingerprint density at radius 1 is 1.43 bits per heavy atom. The lowest BCUT2D eigenvalue weighted by Crippen LogP contribution is -2.45. The molecule has 2 fully saturated rings. The van der Waals surface area contributed by atoms with Crippen LogP contribution in [0.2, 0.25) is 0 Å². The molecular weight excluding hydrogens is 180 g/mol. The van der Waals surface area contributed by atoms with Crippen LogP contribution in [0.4, 0.5) is 0 Å². The molecular formula is C10H18N2O2. The summed E-state index contributed by atoms with van der Waals surface area (Å²) in [6, 6.07) is 0.259. The van der Waals surface area contributed by atoms with Gasteiger partial charge < -0.3 is 10.0 Å². The van der Waals surface area contributed by atoms with Crippen LogP contribution in [-0.2, 0) is 4.79 Å². The monoisotopic (exact) mass is 198 g/mol. The van der Waals surface area contributed by atoms with Crippen molar-refractivity contribution in [1.29, 1.82) is 0 Å². The number of likely N-dealkylation sites (N-methyl/N-ethyl adjacent to an activating group) is 1. The van der Waals surface area contributed by atoms with Crippen molar-refractivity contribution in [2.45, 2.75) is 31.3 Å². The van der Waals surface area contributed by atoms with E-state index in [1.807, 2.05) is 7.05 Å². The summed E-state index contributed by atoms with van der Waals surface area (Å²) in [5, 5.41) is 9.18. The Balaban J connectivity index is 2.04. The lowest BCUT2D eigenvalue weighted by atomic mass is 10.1. The SMILES string of the molecule is CN1CCC(N2CCCC2CO)C1=O. The van der Waals surface area contributed by atoms with E-state index in [9.17, 15) is 9.90 Å². The summed E-state index contributed by atoms with van der Waals surface area (Å²) in [7, 11) is 1.85. The first-order chi connectivity index (χ1) is 6.74. The van der Waals surface area contributed by atoms with Crippen molar-refractivity contribution >= 4 is 5.91 Å². The Hall–Kier alpha value is -0.610. The molecule has 0 aromatic rings. The minimum Gasteiger partial charge on any atom is -0.395 e. The van der Waals surface area contributed by atoms with Crippen molar-refractivity contribution in [1.82, 2.24) is 9.80 Å². The van der Waals surface area contributed by atoms with Crippen LogP contribution in [0.5, 0.6) is 0 Å². The van der Waals surface area contributed by atoms with Crippen molar-refractivity contribution in [3.8, 4) is 0 Å². The van der Waals surface area contributed by atoms with Crippen LogP contribution in [0, 0.1) is 0 Å². The van der Waals surface area contributed by atoms with Gasteiger partial charge in [0.2, 0.25) is 5.91 Å².